The van der Waals surface area contributed by atoms with Gasteiger partial charge in [0, 0.05) is 19.0 Å². The van der Waals surface area contributed by atoms with Crippen molar-refractivity contribution in [2.75, 3.05) is 19.6 Å². The molecule has 0 saturated carbocycles. The summed E-state index contributed by atoms with van der Waals surface area (Å²) in [6, 6.07) is 0. The van der Waals surface area contributed by atoms with Crippen LogP contribution in [0.25, 0.3) is 0 Å². The predicted octanol–water partition coefficient (Wildman–Crippen LogP) is 3.32. The van der Waals surface area contributed by atoms with Gasteiger partial charge in [0.15, 0.2) is 0 Å². The van der Waals surface area contributed by atoms with Crippen LogP contribution < -0.4 is 0 Å². The molecule has 1 fully saturated rings. The van der Waals surface area contributed by atoms with Crippen LogP contribution >= 0.6 is 0 Å². The molecule has 0 amide bonds. The molecular formula is C16H29NO. The molecule has 1 aliphatic rings. The summed E-state index contributed by atoms with van der Waals surface area (Å²) < 4.78 is 5.99. The van der Waals surface area contributed by atoms with E-state index in [1.54, 1.807) is 0 Å². The molecule has 0 aromatic heterocycles. The van der Waals surface area contributed by atoms with Gasteiger partial charge in [-0.15, -0.1) is 0 Å². The van der Waals surface area contributed by atoms with E-state index < -0.39 is 0 Å². The van der Waals surface area contributed by atoms with Crippen LogP contribution in [-0.2, 0) is 4.74 Å². The zero-order chi connectivity index (χ0) is 13.4. The number of hydrogen-bond acceptors (Lipinski definition) is 2. The molecule has 18 heavy (non-hydrogen) atoms. The second-order valence-corrected chi connectivity index (χ2v) is 5.62. The molecule has 2 heteroatoms. The number of piperidine rings is 1. The number of rotatable bonds is 5. The van der Waals surface area contributed by atoms with E-state index in [0.29, 0.717) is 12.0 Å². The largest absolute Gasteiger partial charge is 0.362 e. The van der Waals surface area contributed by atoms with Crippen molar-refractivity contribution in [3.8, 4) is 11.8 Å². The van der Waals surface area contributed by atoms with E-state index >= 15 is 0 Å². The zero-order valence-corrected chi connectivity index (χ0v) is 12.5. The monoisotopic (exact) mass is 251 g/mol. The molecular weight excluding hydrogens is 222 g/mol. The van der Waals surface area contributed by atoms with Crippen molar-refractivity contribution in [3.63, 3.8) is 0 Å². The summed E-state index contributed by atoms with van der Waals surface area (Å²) in [6.07, 6.45) is 5.44. The SMILES string of the molecule is CCCCN1CCC(OC(C)C#CC(C)C)CC1. The van der Waals surface area contributed by atoms with Crippen LogP contribution in [0.3, 0.4) is 0 Å². The van der Waals surface area contributed by atoms with Crippen molar-refractivity contribution in [2.24, 2.45) is 5.92 Å². The Hall–Kier alpha value is -0.520. The lowest BCUT2D eigenvalue weighted by Crippen LogP contribution is -2.38. The Balaban J connectivity index is 2.21. The molecule has 2 nitrogen and oxygen atoms in total. The van der Waals surface area contributed by atoms with Crippen LogP contribution in [0.15, 0.2) is 0 Å². The molecule has 0 aromatic rings. The summed E-state index contributed by atoms with van der Waals surface area (Å²) >= 11 is 0. The molecule has 0 aliphatic carbocycles. The Labute approximate surface area is 113 Å². The summed E-state index contributed by atoms with van der Waals surface area (Å²) in [4.78, 5) is 2.56. The van der Waals surface area contributed by atoms with Crippen LogP contribution in [0.4, 0.5) is 0 Å². The lowest BCUT2D eigenvalue weighted by atomic mass is 10.1. The third-order valence-electron chi connectivity index (χ3n) is 3.33. The molecule has 0 bridgehead atoms. The van der Waals surface area contributed by atoms with Gasteiger partial charge in [0.1, 0.15) is 6.10 Å². The molecule has 0 aromatic carbocycles. The zero-order valence-electron chi connectivity index (χ0n) is 12.5. The second kappa shape index (κ2) is 8.56. The minimum Gasteiger partial charge on any atom is -0.362 e. The first kappa shape index (κ1) is 15.5. The first-order valence-electron chi connectivity index (χ1n) is 7.50. The van der Waals surface area contributed by atoms with E-state index in [1.807, 2.05) is 0 Å². The van der Waals surface area contributed by atoms with Crippen molar-refractivity contribution < 1.29 is 4.74 Å². The molecule has 1 saturated heterocycles. The summed E-state index contributed by atoms with van der Waals surface area (Å²) in [6.45, 7) is 12.2. The fourth-order valence-corrected chi connectivity index (χ4v) is 2.26. The quantitative estimate of drug-likeness (QED) is 0.695. The van der Waals surface area contributed by atoms with E-state index in [-0.39, 0.29) is 6.10 Å². The average molecular weight is 251 g/mol. The van der Waals surface area contributed by atoms with Gasteiger partial charge in [0.05, 0.1) is 6.10 Å². The number of unbranched alkanes of at least 4 members (excludes halogenated alkanes) is 1. The van der Waals surface area contributed by atoms with E-state index in [4.69, 9.17) is 4.74 Å². The third-order valence-corrected chi connectivity index (χ3v) is 3.33. The lowest BCUT2D eigenvalue weighted by Gasteiger charge is -2.32. The number of hydrogen-bond donors (Lipinski definition) is 0. The van der Waals surface area contributed by atoms with Crippen molar-refractivity contribution in [2.45, 2.75) is 65.6 Å². The summed E-state index contributed by atoms with van der Waals surface area (Å²) in [5.74, 6) is 6.81. The van der Waals surface area contributed by atoms with Crippen molar-refractivity contribution >= 4 is 0 Å². The van der Waals surface area contributed by atoms with Crippen LogP contribution in [-0.4, -0.2) is 36.7 Å². The predicted molar refractivity (Wildman–Crippen MR) is 77.5 cm³/mol. The highest BCUT2D eigenvalue weighted by Crippen LogP contribution is 2.15. The number of ether oxygens (including phenoxy) is 1. The first-order valence-corrected chi connectivity index (χ1v) is 7.50. The Morgan fingerprint density at radius 1 is 1.17 bits per heavy atom. The van der Waals surface area contributed by atoms with Gasteiger partial charge in [-0.3, -0.25) is 0 Å². The van der Waals surface area contributed by atoms with E-state index in [2.05, 4.69) is 44.4 Å². The Kier molecular flexibility index (Phi) is 7.39. The Morgan fingerprint density at radius 2 is 1.83 bits per heavy atom. The molecule has 0 radical (unpaired) electrons. The molecule has 1 rings (SSSR count). The standard InChI is InChI=1S/C16H29NO/c1-5-6-11-17-12-9-16(10-13-17)18-15(4)8-7-14(2)3/h14-16H,5-6,9-13H2,1-4H3. The highest BCUT2D eigenvalue weighted by molar-refractivity contribution is 5.05. The van der Waals surface area contributed by atoms with Gasteiger partial charge in [0.2, 0.25) is 0 Å². The van der Waals surface area contributed by atoms with Crippen LogP contribution in [0.5, 0.6) is 0 Å². The maximum absolute atomic E-state index is 5.99. The number of likely N-dealkylation sites (tertiary alicyclic amines) is 1. The van der Waals surface area contributed by atoms with Gasteiger partial charge in [-0.1, -0.05) is 39.0 Å². The summed E-state index contributed by atoms with van der Waals surface area (Å²) in [7, 11) is 0. The normalized spacial score (nSPS) is 19.6. The fourth-order valence-electron chi connectivity index (χ4n) is 2.26. The van der Waals surface area contributed by atoms with E-state index in [9.17, 15) is 0 Å². The first-order chi connectivity index (χ1) is 8.61. The third kappa shape index (κ3) is 6.42. The molecule has 1 heterocycles. The van der Waals surface area contributed by atoms with Crippen molar-refractivity contribution in [1.29, 1.82) is 0 Å². The average Bonchev–Trinajstić information content (AvgIpc) is 2.35. The minimum absolute atomic E-state index is 0.0830. The molecule has 0 spiro atoms. The van der Waals surface area contributed by atoms with Crippen LogP contribution in [0.2, 0.25) is 0 Å². The molecule has 1 unspecified atom stereocenters. The Morgan fingerprint density at radius 3 is 2.39 bits per heavy atom. The molecule has 0 N–H and O–H groups in total. The Bertz CT molecular complexity index is 269. The highest BCUT2D eigenvalue weighted by atomic mass is 16.5. The van der Waals surface area contributed by atoms with Gasteiger partial charge in [-0.25, -0.2) is 0 Å². The molecule has 1 atom stereocenters. The fraction of sp³-hybridized carbons (Fsp3) is 0.875. The van der Waals surface area contributed by atoms with Crippen molar-refractivity contribution in [3.05, 3.63) is 0 Å². The van der Waals surface area contributed by atoms with Gasteiger partial charge in [-0.2, -0.15) is 0 Å². The summed E-state index contributed by atoms with van der Waals surface area (Å²) in [5.41, 5.74) is 0. The lowest BCUT2D eigenvalue weighted by molar-refractivity contribution is -0.0120. The van der Waals surface area contributed by atoms with Crippen molar-refractivity contribution in [1.82, 2.24) is 4.90 Å². The molecule has 104 valence electrons. The highest BCUT2D eigenvalue weighted by Gasteiger charge is 2.20. The van der Waals surface area contributed by atoms with E-state index in [1.165, 1.54) is 32.5 Å². The maximum Gasteiger partial charge on any atom is 0.115 e. The molecule has 1 aliphatic heterocycles. The van der Waals surface area contributed by atoms with Gasteiger partial charge in [-0.05, 0) is 32.7 Å². The van der Waals surface area contributed by atoms with Crippen LogP contribution in [0, 0.1) is 17.8 Å². The topological polar surface area (TPSA) is 12.5 Å². The van der Waals surface area contributed by atoms with Gasteiger partial charge in [0.25, 0.3) is 0 Å². The van der Waals surface area contributed by atoms with E-state index in [0.717, 1.165) is 12.8 Å². The number of nitrogens with zero attached hydrogens (tertiary/aromatic N) is 1. The smallest absolute Gasteiger partial charge is 0.115 e. The maximum atomic E-state index is 5.99. The summed E-state index contributed by atoms with van der Waals surface area (Å²) in [5, 5.41) is 0. The minimum atomic E-state index is 0.0830. The second-order valence-electron chi connectivity index (χ2n) is 5.62. The van der Waals surface area contributed by atoms with Gasteiger partial charge >= 0.3 is 0 Å². The van der Waals surface area contributed by atoms with Gasteiger partial charge < -0.3 is 9.64 Å². The van der Waals surface area contributed by atoms with Crippen LogP contribution in [0.1, 0.15) is 53.4 Å².